The number of nitrogens with one attached hydrogen (secondary N) is 1. The summed E-state index contributed by atoms with van der Waals surface area (Å²) >= 11 is 5.44. The third-order valence-corrected chi connectivity index (χ3v) is 8.25. The number of carboxylic acid groups (broad SMARTS) is 1. The zero-order chi connectivity index (χ0) is 14.8. The van der Waals surface area contributed by atoms with Gasteiger partial charge in [-0.15, -0.1) is 11.8 Å². The number of carboxylic acids is 1. The Bertz CT molecular complexity index is 413. The number of nitrogens with zero attached hydrogens (tertiary/aromatic N) is 1. The van der Waals surface area contributed by atoms with E-state index in [9.17, 15) is 14.7 Å². The maximum absolute atomic E-state index is 12.5. The highest BCUT2D eigenvalue weighted by Gasteiger charge is 2.48. The SMILES string of the molecule is O=C(O)C1CSC(C2CC2)N1C(=O)NCC1CSCCS1. The predicted molar refractivity (Wildman–Crippen MR) is 89.2 cm³/mol. The van der Waals surface area contributed by atoms with Gasteiger partial charge in [-0.2, -0.15) is 23.5 Å². The van der Waals surface area contributed by atoms with Crippen LogP contribution >= 0.6 is 35.3 Å². The smallest absolute Gasteiger partial charge is 0.327 e. The summed E-state index contributed by atoms with van der Waals surface area (Å²) in [5.41, 5.74) is 0. The number of hydrogen-bond donors (Lipinski definition) is 2. The lowest BCUT2D eigenvalue weighted by Crippen LogP contribution is -2.52. The molecule has 3 atom stereocenters. The van der Waals surface area contributed by atoms with E-state index in [-0.39, 0.29) is 11.4 Å². The van der Waals surface area contributed by atoms with Crippen LogP contribution < -0.4 is 5.32 Å². The molecule has 2 saturated heterocycles. The molecule has 0 spiro atoms. The van der Waals surface area contributed by atoms with Crippen LogP contribution in [0.5, 0.6) is 0 Å². The number of hydrogen-bond acceptors (Lipinski definition) is 5. The van der Waals surface area contributed by atoms with E-state index in [1.54, 1.807) is 16.7 Å². The van der Waals surface area contributed by atoms with Gasteiger partial charge in [0, 0.05) is 34.8 Å². The minimum absolute atomic E-state index is 0.0551. The lowest BCUT2D eigenvalue weighted by atomic mass is 10.2. The maximum atomic E-state index is 12.5. The van der Waals surface area contributed by atoms with Gasteiger partial charge in [-0.3, -0.25) is 4.90 Å². The van der Waals surface area contributed by atoms with E-state index in [2.05, 4.69) is 5.32 Å². The third kappa shape index (κ3) is 3.76. The summed E-state index contributed by atoms with van der Waals surface area (Å²) in [6.07, 6.45) is 2.23. The van der Waals surface area contributed by atoms with Crippen molar-refractivity contribution in [3.8, 4) is 0 Å². The van der Waals surface area contributed by atoms with E-state index in [1.807, 2.05) is 23.5 Å². The molecule has 2 amide bonds. The number of carbonyl (C=O) groups excluding carboxylic acids is 1. The molecule has 5 nitrogen and oxygen atoms in total. The Morgan fingerprint density at radius 2 is 2.00 bits per heavy atom. The molecule has 1 saturated carbocycles. The van der Waals surface area contributed by atoms with Gasteiger partial charge in [-0.25, -0.2) is 9.59 Å². The van der Waals surface area contributed by atoms with Gasteiger partial charge in [0.25, 0.3) is 0 Å². The molecule has 0 radical (unpaired) electrons. The lowest BCUT2D eigenvalue weighted by molar-refractivity contribution is -0.141. The zero-order valence-electron chi connectivity index (χ0n) is 11.7. The molecule has 3 fully saturated rings. The molecule has 2 aliphatic heterocycles. The molecule has 118 valence electrons. The van der Waals surface area contributed by atoms with Gasteiger partial charge in [0.15, 0.2) is 0 Å². The van der Waals surface area contributed by atoms with Crippen LogP contribution in [-0.4, -0.2) is 68.2 Å². The topological polar surface area (TPSA) is 69.6 Å². The highest BCUT2D eigenvalue weighted by atomic mass is 32.2. The van der Waals surface area contributed by atoms with Crippen LogP contribution in [0.15, 0.2) is 0 Å². The summed E-state index contributed by atoms with van der Waals surface area (Å²) in [4.78, 5) is 25.4. The van der Waals surface area contributed by atoms with Gasteiger partial charge in [0.05, 0.1) is 5.37 Å². The van der Waals surface area contributed by atoms with Gasteiger partial charge in [-0.1, -0.05) is 0 Å². The molecule has 21 heavy (non-hydrogen) atoms. The molecule has 0 aromatic heterocycles. The summed E-state index contributed by atoms with van der Waals surface area (Å²) in [7, 11) is 0. The first-order valence-corrected chi connectivity index (χ1v) is 10.5. The van der Waals surface area contributed by atoms with Crippen LogP contribution in [0.25, 0.3) is 0 Å². The van der Waals surface area contributed by atoms with Crippen molar-refractivity contribution in [2.45, 2.75) is 29.5 Å². The summed E-state index contributed by atoms with van der Waals surface area (Å²) in [5.74, 6) is 3.50. The van der Waals surface area contributed by atoms with Gasteiger partial charge >= 0.3 is 12.0 Å². The van der Waals surface area contributed by atoms with Crippen LogP contribution in [0, 0.1) is 5.92 Å². The maximum Gasteiger partial charge on any atom is 0.327 e. The van der Waals surface area contributed by atoms with Crippen molar-refractivity contribution in [3.05, 3.63) is 0 Å². The molecule has 3 rings (SSSR count). The molecule has 0 bridgehead atoms. The van der Waals surface area contributed by atoms with Crippen LogP contribution in [0.2, 0.25) is 0 Å². The fraction of sp³-hybridized carbons (Fsp3) is 0.846. The first kappa shape index (κ1) is 15.7. The van der Waals surface area contributed by atoms with Crippen molar-refractivity contribution in [2.24, 2.45) is 5.92 Å². The van der Waals surface area contributed by atoms with E-state index < -0.39 is 12.0 Å². The predicted octanol–water partition coefficient (Wildman–Crippen LogP) is 1.78. The van der Waals surface area contributed by atoms with Crippen molar-refractivity contribution in [2.75, 3.05) is 29.6 Å². The number of aliphatic carboxylic acids is 1. The van der Waals surface area contributed by atoms with Crippen LogP contribution in [0.4, 0.5) is 4.79 Å². The summed E-state index contributed by atoms with van der Waals surface area (Å²) in [6.45, 7) is 0.640. The van der Waals surface area contributed by atoms with Gasteiger partial charge in [0.2, 0.25) is 0 Å². The molecular weight excluding hydrogens is 328 g/mol. The fourth-order valence-electron chi connectivity index (χ4n) is 2.67. The molecule has 8 heteroatoms. The minimum atomic E-state index is -0.886. The second-order valence-electron chi connectivity index (χ2n) is 5.58. The van der Waals surface area contributed by atoms with E-state index >= 15 is 0 Å². The Morgan fingerprint density at radius 1 is 1.19 bits per heavy atom. The molecular formula is C13H20N2O3S3. The quantitative estimate of drug-likeness (QED) is 0.807. The number of rotatable bonds is 4. The van der Waals surface area contributed by atoms with E-state index in [0.29, 0.717) is 23.5 Å². The van der Waals surface area contributed by atoms with Gasteiger partial charge < -0.3 is 10.4 Å². The molecule has 0 aromatic carbocycles. The Hall–Kier alpha value is -0.210. The number of amides is 2. The van der Waals surface area contributed by atoms with Crippen LogP contribution in [0.3, 0.4) is 0 Å². The second-order valence-corrected chi connectivity index (χ2v) is 9.28. The first-order chi connectivity index (χ1) is 10.2. The average molecular weight is 349 g/mol. The fourth-order valence-corrected chi connectivity index (χ4v) is 6.91. The van der Waals surface area contributed by atoms with E-state index in [0.717, 1.165) is 24.3 Å². The van der Waals surface area contributed by atoms with Crippen molar-refractivity contribution < 1.29 is 14.7 Å². The highest BCUT2D eigenvalue weighted by molar-refractivity contribution is 8.06. The molecule has 2 N–H and O–H groups in total. The molecule has 2 heterocycles. The van der Waals surface area contributed by atoms with E-state index in [4.69, 9.17) is 0 Å². The minimum Gasteiger partial charge on any atom is -0.480 e. The summed E-state index contributed by atoms with van der Waals surface area (Å²) in [5, 5.41) is 12.8. The number of urea groups is 1. The largest absolute Gasteiger partial charge is 0.480 e. The van der Waals surface area contributed by atoms with Crippen molar-refractivity contribution in [3.63, 3.8) is 0 Å². The van der Waals surface area contributed by atoms with Crippen molar-refractivity contribution in [1.29, 1.82) is 0 Å². The third-order valence-electron chi connectivity index (χ3n) is 3.95. The standard InChI is InChI=1S/C13H20N2O3S3/c16-12(17)10-7-21-11(8-1-2-8)15(10)13(18)14-5-9-6-19-3-4-20-9/h8-11H,1-7H2,(H,14,18)(H,16,17). The highest BCUT2D eigenvalue weighted by Crippen LogP contribution is 2.45. The Labute approximate surface area is 137 Å². The molecule has 3 aliphatic rings. The van der Waals surface area contributed by atoms with Crippen molar-refractivity contribution in [1.82, 2.24) is 10.2 Å². The summed E-state index contributed by atoms with van der Waals surface area (Å²) in [6, 6.07) is -0.866. The van der Waals surface area contributed by atoms with Crippen LogP contribution in [0.1, 0.15) is 12.8 Å². The monoisotopic (exact) mass is 348 g/mol. The Balaban J connectivity index is 1.58. The number of thioether (sulfide) groups is 3. The second kappa shape index (κ2) is 6.91. The van der Waals surface area contributed by atoms with Gasteiger partial charge in [-0.05, 0) is 18.8 Å². The average Bonchev–Trinajstić information content (AvgIpc) is 3.24. The zero-order valence-corrected chi connectivity index (χ0v) is 14.1. The van der Waals surface area contributed by atoms with Crippen molar-refractivity contribution >= 4 is 47.3 Å². The Morgan fingerprint density at radius 3 is 2.62 bits per heavy atom. The van der Waals surface area contributed by atoms with Crippen LogP contribution in [-0.2, 0) is 4.79 Å². The normalized spacial score (nSPS) is 33.0. The summed E-state index contributed by atoms with van der Waals surface area (Å²) < 4.78 is 0. The molecule has 3 unspecified atom stereocenters. The molecule has 0 aromatic rings. The van der Waals surface area contributed by atoms with Gasteiger partial charge in [0.1, 0.15) is 6.04 Å². The van der Waals surface area contributed by atoms with E-state index in [1.165, 1.54) is 5.75 Å². The first-order valence-electron chi connectivity index (χ1n) is 7.26. The Kier molecular flexibility index (Phi) is 5.16. The lowest BCUT2D eigenvalue weighted by Gasteiger charge is -2.29. The number of carbonyl (C=O) groups is 2. The molecule has 1 aliphatic carbocycles.